The fourth-order valence-electron chi connectivity index (χ4n) is 6.35. The van der Waals surface area contributed by atoms with E-state index in [4.69, 9.17) is 0 Å². The van der Waals surface area contributed by atoms with E-state index in [1.54, 1.807) is 38.5 Å². The topological polar surface area (TPSA) is 15.3 Å². The van der Waals surface area contributed by atoms with E-state index in [9.17, 15) is 0 Å². The lowest BCUT2D eigenvalue weighted by Crippen LogP contribution is -2.59. The smallest absolute Gasteiger partial charge is 0.0251 e. The van der Waals surface area contributed by atoms with Gasteiger partial charge in [0.2, 0.25) is 0 Å². The highest BCUT2D eigenvalue weighted by Crippen LogP contribution is 2.61. The molecule has 4 bridgehead atoms. The molecule has 1 unspecified atom stereocenters. The Morgan fingerprint density at radius 1 is 1.05 bits per heavy atom. The molecular weight excluding hydrogens is 256 g/mol. The van der Waals surface area contributed by atoms with Crippen molar-refractivity contribution in [2.24, 2.45) is 23.2 Å². The number of hydrogen-bond acceptors (Lipinski definition) is 2. The quantitative estimate of drug-likeness (QED) is 0.769. The average molecular weight is 290 g/mol. The molecule has 0 radical (unpaired) electrons. The van der Waals surface area contributed by atoms with E-state index in [1.165, 1.54) is 32.4 Å². The minimum atomic E-state index is 0.660. The van der Waals surface area contributed by atoms with Gasteiger partial charge in [0.1, 0.15) is 0 Å². The lowest BCUT2D eigenvalue weighted by Gasteiger charge is -2.60. The molecule has 0 saturated heterocycles. The Labute approximate surface area is 131 Å². The van der Waals surface area contributed by atoms with Crippen molar-refractivity contribution in [3.05, 3.63) is 0 Å². The first kappa shape index (κ1) is 14.5. The lowest BCUT2D eigenvalue weighted by molar-refractivity contribution is -0.0781. The highest BCUT2D eigenvalue weighted by Gasteiger charge is 2.54. The lowest BCUT2D eigenvalue weighted by atomic mass is 9.47. The van der Waals surface area contributed by atoms with Crippen molar-refractivity contribution in [2.75, 3.05) is 20.1 Å². The Kier molecular flexibility index (Phi) is 3.82. The summed E-state index contributed by atoms with van der Waals surface area (Å²) in [5, 5.41) is 4.00. The van der Waals surface area contributed by atoms with E-state index >= 15 is 0 Å². The van der Waals surface area contributed by atoms with Gasteiger partial charge in [-0.2, -0.15) is 0 Å². The van der Waals surface area contributed by atoms with Gasteiger partial charge in [0.05, 0.1) is 0 Å². The van der Waals surface area contributed by atoms with E-state index in [0.717, 1.165) is 29.8 Å². The van der Waals surface area contributed by atoms with E-state index in [2.05, 4.69) is 24.2 Å². The largest absolute Gasteiger partial charge is 0.312 e. The molecule has 5 fully saturated rings. The maximum Gasteiger partial charge on any atom is 0.0251 e. The van der Waals surface area contributed by atoms with Crippen LogP contribution in [0.15, 0.2) is 0 Å². The molecule has 21 heavy (non-hydrogen) atoms. The molecule has 1 N–H and O–H groups in total. The fourth-order valence-corrected chi connectivity index (χ4v) is 6.35. The molecule has 0 amide bonds. The number of nitrogens with zero attached hydrogens (tertiary/aromatic N) is 1. The highest BCUT2D eigenvalue weighted by molar-refractivity contribution is 5.07. The summed E-state index contributed by atoms with van der Waals surface area (Å²) < 4.78 is 0. The Bertz CT molecular complexity index is 338. The Morgan fingerprint density at radius 3 is 2.10 bits per heavy atom. The van der Waals surface area contributed by atoms with Crippen LogP contribution in [0.4, 0.5) is 0 Å². The van der Waals surface area contributed by atoms with Crippen LogP contribution < -0.4 is 5.32 Å². The first-order valence-electron chi connectivity index (χ1n) is 9.62. The minimum absolute atomic E-state index is 0.660. The van der Waals surface area contributed by atoms with Gasteiger partial charge in [0.25, 0.3) is 0 Å². The molecule has 0 spiro atoms. The first-order chi connectivity index (χ1) is 10.2. The van der Waals surface area contributed by atoms with Crippen LogP contribution in [0.25, 0.3) is 0 Å². The molecule has 2 nitrogen and oxygen atoms in total. The molecule has 2 heteroatoms. The molecule has 0 aromatic rings. The molecule has 0 aliphatic heterocycles. The minimum Gasteiger partial charge on any atom is -0.312 e. The van der Waals surface area contributed by atoms with Crippen molar-refractivity contribution in [1.29, 1.82) is 0 Å². The van der Waals surface area contributed by atoms with Gasteiger partial charge in [0, 0.05) is 18.6 Å². The van der Waals surface area contributed by atoms with Crippen LogP contribution in [-0.2, 0) is 0 Å². The zero-order chi connectivity index (χ0) is 14.4. The Morgan fingerprint density at radius 2 is 1.62 bits per heavy atom. The molecule has 0 aromatic heterocycles. The van der Waals surface area contributed by atoms with Crippen LogP contribution in [0.1, 0.15) is 64.7 Å². The average Bonchev–Trinajstić information content (AvgIpc) is 3.26. The van der Waals surface area contributed by atoms with E-state index in [1.807, 2.05) is 0 Å². The van der Waals surface area contributed by atoms with Crippen molar-refractivity contribution in [3.63, 3.8) is 0 Å². The zero-order valence-electron chi connectivity index (χ0n) is 14.1. The third kappa shape index (κ3) is 2.79. The fraction of sp³-hybridized carbons (Fsp3) is 1.00. The second kappa shape index (κ2) is 5.53. The number of nitrogens with one attached hydrogen (secondary N) is 1. The van der Waals surface area contributed by atoms with Gasteiger partial charge >= 0.3 is 0 Å². The van der Waals surface area contributed by atoms with Crippen molar-refractivity contribution < 1.29 is 0 Å². The van der Waals surface area contributed by atoms with Gasteiger partial charge in [0.15, 0.2) is 0 Å². The molecule has 5 aliphatic rings. The van der Waals surface area contributed by atoms with Crippen LogP contribution in [-0.4, -0.2) is 37.1 Å². The van der Waals surface area contributed by atoms with Gasteiger partial charge in [-0.3, -0.25) is 0 Å². The summed E-state index contributed by atoms with van der Waals surface area (Å²) in [6, 6.07) is 1.67. The van der Waals surface area contributed by atoms with Gasteiger partial charge < -0.3 is 10.2 Å². The van der Waals surface area contributed by atoms with Crippen LogP contribution >= 0.6 is 0 Å². The number of rotatable bonds is 7. The SMILES string of the molecule is CCCNC(CN(C)C1CC1)C12CC3CC(CC(C3)C1)C2. The summed E-state index contributed by atoms with van der Waals surface area (Å²) in [6.45, 7) is 4.83. The molecule has 1 atom stereocenters. The molecule has 0 heterocycles. The third-order valence-electron chi connectivity index (χ3n) is 7.11. The summed E-state index contributed by atoms with van der Waals surface area (Å²) in [5.41, 5.74) is 0.660. The molecule has 0 aromatic carbocycles. The van der Waals surface area contributed by atoms with E-state index in [0.29, 0.717) is 5.41 Å². The maximum atomic E-state index is 4.00. The van der Waals surface area contributed by atoms with Crippen LogP contribution in [0.3, 0.4) is 0 Å². The number of hydrogen-bond donors (Lipinski definition) is 1. The Balaban J connectivity index is 1.50. The Hall–Kier alpha value is -0.0800. The van der Waals surface area contributed by atoms with Crippen molar-refractivity contribution in [1.82, 2.24) is 10.2 Å². The first-order valence-corrected chi connectivity index (χ1v) is 9.62. The van der Waals surface area contributed by atoms with Crippen molar-refractivity contribution >= 4 is 0 Å². The van der Waals surface area contributed by atoms with E-state index < -0.39 is 0 Å². The van der Waals surface area contributed by atoms with Gasteiger partial charge in [-0.1, -0.05) is 6.92 Å². The standard InChI is InChI=1S/C19H34N2/c1-3-6-20-18(13-21(2)17-4-5-17)19-10-14-7-15(11-19)9-16(8-14)12-19/h14-18,20H,3-13H2,1-2H3. The normalized spacial score (nSPS) is 42.7. The van der Waals surface area contributed by atoms with Crippen LogP contribution in [0, 0.1) is 23.2 Å². The maximum absolute atomic E-state index is 4.00. The van der Waals surface area contributed by atoms with Gasteiger partial charge in [-0.05, 0) is 94.5 Å². The van der Waals surface area contributed by atoms with Crippen LogP contribution in [0.5, 0.6) is 0 Å². The van der Waals surface area contributed by atoms with Gasteiger partial charge in [-0.25, -0.2) is 0 Å². The summed E-state index contributed by atoms with van der Waals surface area (Å²) in [6.07, 6.45) is 13.5. The molecular formula is C19H34N2. The van der Waals surface area contributed by atoms with Crippen molar-refractivity contribution in [2.45, 2.75) is 76.8 Å². The van der Waals surface area contributed by atoms with E-state index in [-0.39, 0.29) is 0 Å². The van der Waals surface area contributed by atoms with Crippen molar-refractivity contribution in [3.8, 4) is 0 Å². The highest BCUT2D eigenvalue weighted by atomic mass is 15.2. The summed E-state index contributed by atoms with van der Waals surface area (Å²) in [4.78, 5) is 2.67. The molecule has 5 aliphatic carbocycles. The monoisotopic (exact) mass is 290 g/mol. The number of likely N-dealkylation sites (N-methyl/N-ethyl adjacent to an activating group) is 1. The predicted molar refractivity (Wildman–Crippen MR) is 88.3 cm³/mol. The third-order valence-corrected chi connectivity index (χ3v) is 7.11. The zero-order valence-corrected chi connectivity index (χ0v) is 14.1. The summed E-state index contributed by atoms with van der Waals surface area (Å²) in [7, 11) is 2.37. The predicted octanol–water partition coefficient (Wildman–Crippen LogP) is 3.67. The van der Waals surface area contributed by atoms with Gasteiger partial charge in [-0.15, -0.1) is 0 Å². The molecule has 5 rings (SSSR count). The second-order valence-corrected chi connectivity index (χ2v) is 8.96. The summed E-state index contributed by atoms with van der Waals surface area (Å²) in [5.74, 6) is 3.23. The molecule has 120 valence electrons. The second-order valence-electron chi connectivity index (χ2n) is 8.96. The van der Waals surface area contributed by atoms with Crippen LogP contribution in [0.2, 0.25) is 0 Å². The summed E-state index contributed by atoms with van der Waals surface area (Å²) >= 11 is 0. The molecule has 5 saturated carbocycles.